The van der Waals surface area contributed by atoms with Crippen molar-refractivity contribution in [2.24, 2.45) is 0 Å². The first-order chi connectivity index (χ1) is 14.0. The molecule has 154 valence electrons. The minimum absolute atomic E-state index is 0.340. The lowest BCUT2D eigenvalue weighted by Gasteiger charge is -2.29. The molecule has 30 heavy (non-hydrogen) atoms. The topological polar surface area (TPSA) is 25.8 Å². The molecule has 0 N–H and O–H groups in total. The fourth-order valence-electron chi connectivity index (χ4n) is 4.57. The molecule has 0 atom stereocenters. The van der Waals surface area contributed by atoms with E-state index in [1.165, 1.54) is 20.2 Å². The van der Waals surface area contributed by atoms with E-state index < -0.39 is 11.9 Å². The first kappa shape index (κ1) is 19.8. The minimum Gasteiger partial charge on any atom is -0.214 e. The Morgan fingerprint density at radius 1 is 0.667 bits per heavy atom. The summed E-state index contributed by atoms with van der Waals surface area (Å²) in [6, 6.07) is 4.30. The summed E-state index contributed by atoms with van der Waals surface area (Å²) in [4.78, 5) is 8.26. The standard InChI is InChI=1S/C24H22F2N2S2/c1-23(2,3)15-13-14(20-12(8-10-30-20)11-7-9-29-19(11)13)16(24(4,5)6)18-17(15)27-21(25)22(26)28-18/h7-10H,1-6H3. The van der Waals surface area contributed by atoms with Crippen molar-refractivity contribution in [2.75, 3.05) is 0 Å². The molecule has 2 nitrogen and oxygen atoms in total. The number of nitrogens with zero attached hydrogens (tertiary/aromatic N) is 2. The van der Waals surface area contributed by atoms with Crippen molar-refractivity contribution < 1.29 is 8.78 Å². The van der Waals surface area contributed by atoms with E-state index in [1.54, 1.807) is 22.7 Å². The molecule has 2 aromatic carbocycles. The molecule has 0 aliphatic heterocycles. The van der Waals surface area contributed by atoms with Gasteiger partial charge >= 0.3 is 0 Å². The van der Waals surface area contributed by atoms with Crippen LogP contribution in [0.2, 0.25) is 0 Å². The van der Waals surface area contributed by atoms with Crippen LogP contribution in [0.25, 0.3) is 42.0 Å². The molecule has 0 saturated carbocycles. The molecule has 0 bridgehead atoms. The van der Waals surface area contributed by atoms with Crippen LogP contribution in [-0.2, 0) is 10.8 Å². The highest BCUT2D eigenvalue weighted by Crippen LogP contribution is 2.50. The van der Waals surface area contributed by atoms with Gasteiger partial charge in [-0.05, 0) is 44.8 Å². The molecule has 0 radical (unpaired) electrons. The van der Waals surface area contributed by atoms with Crippen LogP contribution in [0.4, 0.5) is 8.78 Å². The van der Waals surface area contributed by atoms with Gasteiger partial charge in [0.1, 0.15) is 0 Å². The Bertz CT molecular complexity index is 1370. The van der Waals surface area contributed by atoms with Crippen molar-refractivity contribution in [3.8, 4) is 0 Å². The summed E-state index contributed by atoms with van der Waals surface area (Å²) in [6.45, 7) is 12.6. The van der Waals surface area contributed by atoms with Crippen LogP contribution in [0, 0.1) is 11.9 Å². The van der Waals surface area contributed by atoms with Gasteiger partial charge in [0.25, 0.3) is 11.9 Å². The number of rotatable bonds is 0. The second kappa shape index (κ2) is 6.17. The summed E-state index contributed by atoms with van der Waals surface area (Å²) >= 11 is 3.38. The molecule has 0 aliphatic rings. The summed E-state index contributed by atoms with van der Waals surface area (Å²) in [5.41, 5.74) is 2.10. The van der Waals surface area contributed by atoms with Crippen LogP contribution >= 0.6 is 22.7 Å². The first-order valence-electron chi connectivity index (χ1n) is 9.90. The zero-order valence-corrected chi connectivity index (χ0v) is 19.4. The largest absolute Gasteiger partial charge is 0.269 e. The fourth-order valence-corrected chi connectivity index (χ4v) is 6.51. The number of hydrogen-bond acceptors (Lipinski definition) is 4. The first-order valence-corrected chi connectivity index (χ1v) is 11.7. The molecule has 0 spiro atoms. The van der Waals surface area contributed by atoms with E-state index >= 15 is 0 Å². The third kappa shape index (κ3) is 2.63. The van der Waals surface area contributed by atoms with E-state index in [0.717, 1.165) is 21.9 Å². The number of fused-ring (bicyclic) bond motifs is 7. The Morgan fingerprint density at radius 2 is 1.03 bits per heavy atom. The van der Waals surface area contributed by atoms with Gasteiger partial charge in [0, 0.05) is 30.9 Å². The Labute approximate surface area is 181 Å². The molecule has 6 heteroatoms. The van der Waals surface area contributed by atoms with Crippen molar-refractivity contribution in [3.05, 3.63) is 45.9 Å². The third-order valence-electron chi connectivity index (χ3n) is 5.61. The lowest BCUT2D eigenvalue weighted by atomic mass is 9.76. The number of hydrogen-bond donors (Lipinski definition) is 0. The number of benzene rings is 2. The van der Waals surface area contributed by atoms with Crippen LogP contribution in [0.5, 0.6) is 0 Å². The van der Waals surface area contributed by atoms with Gasteiger partial charge in [-0.2, -0.15) is 8.78 Å². The van der Waals surface area contributed by atoms with E-state index in [1.807, 2.05) is 0 Å². The Morgan fingerprint density at radius 3 is 1.37 bits per heavy atom. The highest BCUT2D eigenvalue weighted by atomic mass is 32.1. The zero-order chi connectivity index (χ0) is 21.6. The minimum atomic E-state index is -1.15. The summed E-state index contributed by atoms with van der Waals surface area (Å²) in [5, 5.41) is 8.80. The summed E-state index contributed by atoms with van der Waals surface area (Å²) in [5.74, 6) is -2.29. The van der Waals surface area contributed by atoms with Crippen molar-refractivity contribution in [1.82, 2.24) is 9.97 Å². The predicted octanol–water partition coefficient (Wildman–Crippen LogP) is 8.09. The lowest BCUT2D eigenvalue weighted by Crippen LogP contribution is -2.19. The second-order valence-electron chi connectivity index (χ2n) is 9.83. The number of aromatic nitrogens is 2. The third-order valence-corrected chi connectivity index (χ3v) is 7.48. The molecular formula is C24H22F2N2S2. The van der Waals surface area contributed by atoms with Crippen LogP contribution in [0.3, 0.4) is 0 Å². The molecule has 5 aromatic rings. The maximum atomic E-state index is 14.4. The number of thiophene rings is 2. The van der Waals surface area contributed by atoms with Crippen LogP contribution in [-0.4, -0.2) is 9.97 Å². The van der Waals surface area contributed by atoms with Gasteiger partial charge in [0.2, 0.25) is 0 Å². The van der Waals surface area contributed by atoms with Crippen LogP contribution in [0.1, 0.15) is 52.7 Å². The van der Waals surface area contributed by atoms with Crippen molar-refractivity contribution in [2.45, 2.75) is 52.4 Å². The molecule has 5 rings (SSSR count). The van der Waals surface area contributed by atoms with Crippen LogP contribution in [0.15, 0.2) is 22.9 Å². The Hall–Kier alpha value is -2.18. The van der Waals surface area contributed by atoms with Crippen molar-refractivity contribution in [3.63, 3.8) is 0 Å². The SMILES string of the molecule is CC(C)(C)c1c2nc(F)c(F)nc2c(C(C)(C)C)c2c3sccc3c3ccsc3c12. The second-order valence-corrected chi connectivity index (χ2v) is 11.7. The monoisotopic (exact) mass is 440 g/mol. The molecule has 0 unspecified atom stereocenters. The maximum absolute atomic E-state index is 14.4. The molecule has 3 heterocycles. The molecule has 3 aromatic heterocycles. The highest BCUT2D eigenvalue weighted by Gasteiger charge is 2.32. The number of halogens is 2. The quantitative estimate of drug-likeness (QED) is 0.227. The van der Waals surface area contributed by atoms with Gasteiger partial charge < -0.3 is 0 Å². The van der Waals surface area contributed by atoms with E-state index in [4.69, 9.17) is 0 Å². The maximum Gasteiger partial charge on any atom is 0.269 e. The Kier molecular flexibility index (Phi) is 4.07. The van der Waals surface area contributed by atoms with Crippen LogP contribution < -0.4 is 0 Å². The Balaban J connectivity index is 2.28. The molecule has 0 saturated heterocycles. The van der Waals surface area contributed by atoms with Gasteiger partial charge in [0.15, 0.2) is 0 Å². The average Bonchev–Trinajstić information content (AvgIpc) is 3.27. The lowest BCUT2D eigenvalue weighted by molar-refractivity contribution is 0.457. The van der Waals surface area contributed by atoms with Crippen molar-refractivity contribution >= 4 is 64.7 Å². The van der Waals surface area contributed by atoms with E-state index in [-0.39, 0.29) is 10.8 Å². The van der Waals surface area contributed by atoms with Gasteiger partial charge in [-0.15, -0.1) is 22.7 Å². The van der Waals surface area contributed by atoms with E-state index in [2.05, 4.69) is 74.4 Å². The zero-order valence-electron chi connectivity index (χ0n) is 17.8. The van der Waals surface area contributed by atoms with Gasteiger partial charge in [0.05, 0.1) is 11.0 Å². The van der Waals surface area contributed by atoms with E-state index in [9.17, 15) is 8.78 Å². The molecule has 0 amide bonds. The highest BCUT2D eigenvalue weighted by molar-refractivity contribution is 7.20. The molecule has 0 fully saturated rings. The summed E-state index contributed by atoms with van der Waals surface area (Å²) in [7, 11) is 0. The summed E-state index contributed by atoms with van der Waals surface area (Å²) < 4.78 is 31.0. The van der Waals surface area contributed by atoms with Gasteiger partial charge in [-0.1, -0.05) is 41.5 Å². The summed E-state index contributed by atoms with van der Waals surface area (Å²) in [6.07, 6.45) is 0. The van der Waals surface area contributed by atoms with Crippen molar-refractivity contribution in [1.29, 1.82) is 0 Å². The average molecular weight is 441 g/mol. The molecule has 0 aliphatic carbocycles. The van der Waals surface area contributed by atoms with Gasteiger partial charge in [-0.3, -0.25) is 0 Å². The molecular weight excluding hydrogens is 418 g/mol. The van der Waals surface area contributed by atoms with E-state index in [0.29, 0.717) is 11.0 Å². The fraction of sp³-hybridized carbons (Fsp3) is 0.333. The van der Waals surface area contributed by atoms with Gasteiger partial charge in [-0.25, -0.2) is 9.97 Å². The smallest absolute Gasteiger partial charge is 0.214 e. The normalized spacial score (nSPS) is 13.3. The predicted molar refractivity (Wildman–Crippen MR) is 125 cm³/mol.